The lowest BCUT2D eigenvalue weighted by molar-refractivity contribution is -0.159. The molecule has 1 heterocycles. The van der Waals surface area contributed by atoms with Crippen molar-refractivity contribution in [3.8, 4) is 0 Å². The lowest BCUT2D eigenvalue weighted by atomic mass is 9.49. The first-order valence-electron chi connectivity index (χ1n) is 9.09. The van der Waals surface area contributed by atoms with Gasteiger partial charge in [0.15, 0.2) is 0 Å². The summed E-state index contributed by atoms with van der Waals surface area (Å²) < 4.78 is 0. The second-order valence-corrected chi connectivity index (χ2v) is 8.45. The van der Waals surface area contributed by atoms with E-state index >= 15 is 0 Å². The largest absolute Gasteiger partial charge is 0.396 e. The van der Waals surface area contributed by atoms with Crippen LogP contribution in [0.1, 0.15) is 57.8 Å². The van der Waals surface area contributed by atoms with Gasteiger partial charge in [-0.25, -0.2) is 0 Å². The van der Waals surface area contributed by atoms with Crippen molar-refractivity contribution in [3.63, 3.8) is 0 Å². The van der Waals surface area contributed by atoms with Gasteiger partial charge in [-0.1, -0.05) is 0 Å². The number of hydrogen-bond donors (Lipinski definition) is 1. The highest BCUT2D eigenvalue weighted by molar-refractivity contribution is 5.83. The van der Waals surface area contributed by atoms with E-state index in [1.807, 2.05) is 0 Å². The molecule has 4 aliphatic carbocycles. The van der Waals surface area contributed by atoms with Crippen LogP contribution in [-0.2, 0) is 4.79 Å². The van der Waals surface area contributed by atoms with Crippen molar-refractivity contribution in [3.05, 3.63) is 0 Å². The fourth-order valence-corrected chi connectivity index (χ4v) is 6.32. The molecule has 1 N–H and O–H groups in total. The van der Waals surface area contributed by atoms with Crippen molar-refractivity contribution in [2.75, 3.05) is 19.7 Å². The van der Waals surface area contributed by atoms with Crippen molar-refractivity contribution in [2.24, 2.45) is 29.1 Å². The maximum absolute atomic E-state index is 13.2. The van der Waals surface area contributed by atoms with E-state index in [1.54, 1.807) is 0 Å². The van der Waals surface area contributed by atoms with Gasteiger partial charge in [0.2, 0.25) is 5.91 Å². The first-order chi connectivity index (χ1) is 10.2. The highest BCUT2D eigenvalue weighted by Crippen LogP contribution is 2.60. The number of nitrogens with zero attached hydrogens (tertiary/aromatic N) is 1. The van der Waals surface area contributed by atoms with Gasteiger partial charge in [-0.05, 0) is 81.5 Å². The Balaban J connectivity index is 1.43. The third-order valence-corrected chi connectivity index (χ3v) is 6.93. The fourth-order valence-electron chi connectivity index (χ4n) is 6.32. The predicted molar refractivity (Wildman–Crippen MR) is 81.6 cm³/mol. The average Bonchev–Trinajstić information content (AvgIpc) is 2.46. The predicted octanol–water partition coefficient (Wildman–Crippen LogP) is 2.82. The summed E-state index contributed by atoms with van der Waals surface area (Å²) in [7, 11) is 0. The molecule has 1 saturated heterocycles. The van der Waals surface area contributed by atoms with E-state index in [1.165, 1.54) is 38.5 Å². The maximum atomic E-state index is 13.2. The Bertz CT molecular complexity index is 376. The molecule has 0 aromatic carbocycles. The molecule has 3 nitrogen and oxygen atoms in total. The summed E-state index contributed by atoms with van der Waals surface area (Å²) in [6.07, 6.45) is 10.9. The molecule has 0 spiro atoms. The molecule has 3 heteroatoms. The van der Waals surface area contributed by atoms with Gasteiger partial charge in [0, 0.05) is 19.7 Å². The standard InChI is InChI=1S/C18H29NO2/c20-6-3-13-1-4-19(5-2-13)17(21)18-10-14-7-15(11-18)9-16(8-14)12-18/h13-16,20H,1-12H2. The van der Waals surface area contributed by atoms with E-state index in [-0.39, 0.29) is 5.41 Å². The van der Waals surface area contributed by atoms with Gasteiger partial charge in [-0.2, -0.15) is 0 Å². The van der Waals surface area contributed by atoms with Crippen LogP contribution in [-0.4, -0.2) is 35.6 Å². The van der Waals surface area contributed by atoms with Crippen molar-refractivity contribution < 1.29 is 9.90 Å². The monoisotopic (exact) mass is 291 g/mol. The summed E-state index contributed by atoms with van der Waals surface area (Å²) >= 11 is 0. The number of amides is 1. The molecule has 5 aliphatic rings. The third kappa shape index (κ3) is 2.42. The number of carbonyl (C=O) groups excluding carboxylic acids is 1. The summed E-state index contributed by atoms with van der Waals surface area (Å²) in [5.74, 6) is 3.70. The van der Waals surface area contributed by atoms with Gasteiger partial charge in [0.05, 0.1) is 5.41 Å². The molecule has 4 saturated carbocycles. The summed E-state index contributed by atoms with van der Waals surface area (Å²) in [5, 5.41) is 9.07. The Kier molecular flexibility index (Phi) is 3.52. The van der Waals surface area contributed by atoms with Crippen molar-refractivity contribution in [1.29, 1.82) is 0 Å². The molecule has 4 bridgehead atoms. The lowest BCUT2D eigenvalue weighted by Gasteiger charge is -2.57. The molecule has 0 aromatic rings. The number of hydrogen-bond acceptors (Lipinski definition) is 2. The van der Waals surface area contributed by atoms with Gasteiger partial charge < -0.3 is 10.0 Å². The minimum Gasteiger partial charge on any atom is -0.396 e. The summed E-state index contributed by atoms with van der Waals surface area (Å²) in [6, 6.07) is 0. The van der Waals surface area contributed by atoms with Gasteiger partial charge in [-0.3, -0.25) is 4.79 Å². The minimum atomic E-state index is 0.0402. The van der Waals surface area contributed by atoms with Crippen molar-refractivity contribution >= 4 is 5.91 Å². The summed E-state index contributed by atoms with van der Waals surface area (Å²) in [6.45, 7) is 2.17. The van der Waals surface area contributed by atoms with E-state index in [0.717, 1.165) is 50.1 Å². The smallest absolute Gasteiger partial charge is 0.228 e. The van der Waals surface area contributed by atoms with E-state index < -0.39 is 0 Å². The Hall–Kier alpha value is -0.570. The van der Waals surface area contributed by atoms with Gasteiger partial charge in [0.25, 0.3) is 0 Å². The number of piperidine rings is 1. The SMILES string of the molecule is O=C(N1CCC(CCO)CC1)C12CC3CC(CC(C3)C1)C2. The molecular formula is C18H29NO2. The first-order valence-corrected chi connectivity index (χ1v) is 9.09. The summed E-state index contributed by atoms with van der Waals surface area (Å²) in [4.78, 5) is 15.4. The maximum Gasteiger partial charge on any atom is 0.228 e. The van der Waals surface area contributed by atoms with E-state index in [2.05, 4.69) is 4.90 Å². The van der Waals surface area contributed by atoms with Crippen LogP contribution in [0.15, 0.2) is 0 Å². The normalized spacial score (nSPS) is 42.5. The van der Waals surface area contributed by atoms with Crippen LogP contribution in [0, 0.1) is 29.1 Å². The molecule has 0 aromatic heterocycles. The molecule has 1 amide bonds. The minimum absolute atomic E-state index is 0.0402. The zero-order valence-corrected chi connectivity index (χ0v) is 13.1. The molecular weight excluding hydrogens is 262 g/mol. The molecule has 21 heavy (non-hydrogen) atoms. The number of aliphatic hydroxyl groups is 1. The lowest BCUT2D eigenvalue weighted by Crippen LogP contribution is -2.55. The Morgan fingerprint density at radius 1 is 1.00 bits per heavy atom. The highest BCUT2D eigenvalue weighted by atomic mass is 16.3. The van der Waals surface area contributed by atoms with Gasteiger partial charge in [-0.15, -0.1) is 0 Å². The van der Waals surface area contributed by atoms with Crippen LogP contribution >= 0.6 is 0 Å². The average molecular weight is 291 g/mol. The van der Waals surface area contributed by atoms with Crippen molar-refractivity contribution in [1.82, 2.24) is 4.90 Å². The topological polar surface area (TPSA) is 40.5 Å². The van der Waals surface area contributed by atoms with Crippen LogP contribution in [0.5, 0.6) is 0 Å². The molecule has 0 radical (unpaired) electrons. The first kappa shape index (κ1) is 14.0. The molecule has 5 rings (SSSR count). The fraction of sp³-hybridized carbons (Fsp3) is 0.944. The zero-order valence-electron chi connectivity index (χ0n) is 13.1. The van der Waals surface area contributed by atoms with Crippen LogP contribution in [0.3, 0.4) is 0 Å². The number of carbonyl (C=O) groups is 1. The van der Waals surface area contributed by atoms with Gasteiger partial charge in [0.1, 0.15) is 0 Å². The number of aliphatic hydroxyl groups excluding tert-OH is 1. The molecule has 0 unspecified atom stereocenters. The second-order valence-electron chi connectivity index (χ2n) is 8.45. The van der Waals surface area contributed by atoms with Gasteiger partial charge >= 0.3 is 0 Å². The quantitative estimate of drug-likeness (QED) is 0.868. The molecule has 0 atom stereocenters. The Morgan fingerprint density at radius 2 is 1.52 bits per heavy atom. The van der Waals surface area contributed by atoms with Crippen LogP contribution in [0.25, 0.3) is 0 Å². The second kappa shape index (κ2) is 5.26. The van der Waals surface area contributed by atoms with Crippen LogP contribution < -0.4 is 0 Å². The van der Waals surface area contributed by atoms with E-state index in [4.69, 9.17) is 5.11 Å². The summed E-state index contributed by atoms with van der Waals surface area (Å²) in [5.41, 5.74) is 0.0402. The van der Waals surface area contributed by atoms with E-state index in [0.29, 0.717) is 18.4 Å². The third-order valence-electron chi connectivity index (χ3n) is 6.93. The zero-order chi connectivity index (χ0) is 14.4. The number of likely N-dealkylation sites (tertiary alicyclic amines) is 1. The Labute approximate surface area is 128 Å². The van der Waals surface area contributed by atoms with Crippen molar-refractivity contribution in [2.45, 2.75) is 57.8 Å². The van der Waals surface area contributed by atoms with E-state index in [9.17, 15) is 4.79 Å². The Morgan fingerprint density at radius 3 is 2.00 bits per heavy atom. The molecule has 1 aliphatic heterocycles. The van der Waals surface area contributed by atoms with Crippen LogP contribution in [0.2, 0.25) is 0 Å². The van der Waals surface area contributed by atoms with Crippen LogP contribution in [0.4, 0.5) is 0 Å². The molecule has 5 fully saturated rings. The highest BCUT2D eigenvalue weighted by Gasteiger charge is 2.55. The number of rotatable bonds is 3. The molecule has 118 valence electrons.